The van der Waals surface area contributed by atoms with E-state index in [0.717, 1.165) is 32.6 Å². The molecule has 0 radical (unpaired) electrons. The molecule has 0 aliphatic heterocycles. The maximum absolute atomic E-state index is 3.51. The van der Waals surface area contributed by atoms with E-state index >= 15 is 0 Å². The van der Waals surface area contributed by atoms with Gasteiger partial charge in [-0.2, -0.15) is 0 Å². The lowest BCUT2D eigenvalue weighted by Crippen LogP contribution is -2.22. The van der Waals surface area contributed by atoms with Crippen LogP contribution in [-0.4, -0.2) is 19.6 Å². The van der Waals surface area contributed by atoms with Crippen molar-refractivity contribution in [2.45, 2.75) is 39.7 Å². The van der Waals surface area contributed by atoms with Crippen LogP contribution in [0.15, 0.2) is 11.4 Å². The van der Waals surface area contributed by atoms with Gasteiger partial charge in [-0.25, -0.2) is 0 Å². The van der Waals surface area contributed by atoms with Crippen LogP contribution in [-0.2, 0) is 13.0 Å². The monoisotopic (exact) mass is 240 g/mol. The fraction of sp³-hybridized carbons (Fsp3) is 0.692. The highest BCUT2D eigenvalue weighted by Gasteiger charge is 2.00. The van der Waals surface area contributed by atoms with E-state index in [2.05, 4.69) is 35.9 Å². The molecule has 1 rings (SSSR count). The van der Waals surface area contributed by atoms with Gasteiger partial charge in [0.25, 0.3) is 0 Å². The molecule has 0 spiro atoms. The number of rotatable bonds is 9. The normalized spacial score (nSPS) is 10.9. The lowest BCUT2D eigenvalue weighted by Gasteiger charge is -2.05. The first-order valence-corrected chi connectivity index (χ1v) is 7.23. The first-order chi connectivity index (χ1) is 7.88. The molecule has 0 saturated heterocycles. The molecule has 3 heteroatoms. The summed E-state index contributed by atoms with van der Waals surface area (Å²) in [5, 5.41) is 9.12. The zero-order valence-corrected chi connectivity index (χ0v) is 11.3. The van der Waals surface area contributed by atoms with Gasteiger partial charge >= 0.3 is 0 Å². The SMILES string of the molecule is CCCNCCCNCc1sccc1CC. The fourth-order valence-electron chi connectivity index (χ4n) is 1.68. The van der Waals surface area contributed by atoms with Gasteiger partial charge in [0.1, 0.15) is 0 Å². The molecule has 0 aliphatic carbocycles. The van der Waals surface area contributed by atoms with Crippen molar-refractivity contribution in [2.24, 2.45) is 0 Å². The van der Waals surface area contributed by atoms with Crippen molar-refractivity contribution in [1.82, 2.24) is 10.6 Å². The van der Waals surface area contributed by atoms with Crippen molar-refractivity contribution >= 4 is 11.3 Å². The number of hydrogen-bond acceptors (Lipinski definition) is 3. The van der Waals surface area contributed by atoms with Crippen molar-refractivity contribution in [3.63, 3.8) is 0 Å². The van der Waals surface area contributed by atoms with E-state index in [1.54, 1.807) is 0 Å². The van der Waals surface area contributed by atoms with E-state index in [9.17, 15) is 0 Å². The molecule has 0 unspecified atom stereocenters. The van der Waals surface area contributed by atoms with Crippen molar-refractivity contribution in [3.05, 3.63) is 21.9 Å². The average molecular weight is 240 g/mol. The lowest BCUT2D eigenvalue weighted by molar-refractivity contribution is 0.593. The summed E-state index contributed by atoms with van der Waals surface area (Å²) in [7, 11) is 0. The first kappa shape index (κ1) is 13.7. The molecule has 0 aliphatic rings. The second-order valence-electron chi connectivity index (χ2n) is 4.00. The highest BCUT2D eigenvalue weighted by Crippen LogP contribution is 2.16. The summed E-state index contributed by atoms with van der Waals surface area (Å²) < 4.78 is 0. The highest BCUT2D eigenvalue weighted by atomic mass is 32.1. The van der Waals surface area contributed by atoms with E-state index in [1.807, 2.05) is 11.3 Å². The number of nitrogens with one attached hydrogen (secondary N) is 2. The fourth-order valence-corrected chi connectivity index (χ4v) is 2.62. The molecule has 0 atom stereocenters. The standard InChI is InChI=1S/C13H24N2S/c1-3-7-14-8-5-9-15-11-13-12(4-2)6-10-16-13/h6,10,14-15H,3-5,7-9,11H2,1-2H3. The average Bonchev–Trinajstić information content (AvgIpc) is 2.75. The van der Waals surface area contributed by atoms with Gasteiger partial charge in [0.15, 0.2) is 0 Å². The molecule has 0 amide bonds. The number of aryl methyl sites for hydroxylation is 1. The molecule has 92 valence electrons. The molecular formula is C13H24N2S. The van der Waals surface area contributed by atoms with Crippen LogP contribution in [0.1, 0.15) is 37.1 Å². The van der Waals surface area contributed by atoms with E-state index in [4.69, 9.17) is 0 Å². The molecule has 1 heterocycles. The number of thiophene rings is 1. The summed E-state index contributed by atoms with van der Waals surface area (Å²) in [5.74, 6) is 0. The largest absolute Gasteiger partial charge is 0.317 e. The van der Waals surface area contributed by atoms with Gasteiger partial charge in [-0.1, -0.05) is 13.8 Å². The third-order valence-electron chi connectivity index (χ3n) is 2.64. The molecule has 0 aromatic carbocycles. The van der Waals surface area contributed by atoms with E-state index in [1.165, 1.54) is 23.3 Å². The third-order valence-corrected chi connectivity index (χ3v) is 3.60. The van der Waals surface area contributed by atoms with Crippen molar-refractivity contribution in [1.29, 1.82) is 0 Å². The van der Waals surface area contributed by atoms with Crippen molar-refractivity contribution < 1.29 is 0 Å². The number of hydrogen-bond donors (Lipinski definition) is 2. The molecule has 2 nitrogen and oxygen atoms in total. The summed E-state index contributed by atoms with van der Waals surface area (Å²) in [6.45, 7) is 8.84. The highest BCUT2D eigenvalue weighted by molar-refractivity contribution is 7.10. The van der Waals surface area contributed by atoms with Crippen LogP contribution in [0.3, 0.4) is 0 Å². The van der Waals surface area contributed by atoms with Gasteiger partial charge < -0.3 is 10.6 Å². The van der Waals surface area contributed by atoms with Gasteiger partial charge in [-0.05, 0) is 55.9 Å². The Bertz CT molecular complexity index is 271. The summed E-state index contributed by atoms with van der Waals surface area (Å²) in [4.78, 5) is 1.50. The predicted molar refractivity (Wildman–Crippen MR) is 73.2 cm³/mol. The molecule has 0 fully saturated rings. The summed E-state index contributed by atoms with van der Waals surface area (Å²) in [6, 6.07) is 2.24. The molecule has 1 aromatic rings. The van der Waals surface area contributed by atoms with Crippen LogP contribution in [0.5, 0.6) is 0 Å². The van der Waals surface area contributed by atoms with Gasteiger partial charge in [-0.3, -0.25) is 0 Å². The molecule has 0 saturated carbocycles. The maximum Gasteiger partial charge on any atom is 0.0302 e. The second kappa shape index (κ2) is 8.74. The first-order valence-electron chi connectivity index (χ1n) is 6.35. The Morgan fingerprint density at radius 1 is 1.12 bits per heavy atom. The predicted octanol–water partition coefficient (Wildman–Crippen LogP) is 2.79. The van der Waals surface area contributed by atoms with Crippen LogP contribution in [0.25, 0.3) is 0 Å². The Labute approximate surface area is 103 Å². The lowest BCUT2D eigenvalue weighted by atomic mass is 10.2. The van der Waals surface area contributed by atoms with Gasteiger partial charge in [-0.15, -0.1) is 11.3 Å². The van der Waals surface area contributed by atoms with Crippen LogP contribution in [0.4, 0.5) is 0 Å². The topological polar surface area (TPSA) is 24.1 Å². The van der Waals surface area contributed by atoms with Crippen LogP contribution in [0, 0.1) is 0 Å². The van der Waals surface area contributed by atoms with Gasteiger partial charge in [0, 0.05) is 11.4 Å². The zero-order chi connectivity index (χ0) is 11.6. The smallest absolute Gasteiger partial charge is 0.0302 e. The molecule has 2 N–H and O–H groups in total. The summed E-state index contributed by atoms with van der Waals surface area (Å²) in [5.41, 5.74) is 1.50. The third kappa shape index (κ3) is 5.10. The van der Waals surface area contributed by atoms with Crippen LogP contribution < -0.4 is 10.6 Å². The molecular weight excluding hydrogens is 216 g/mol. The quantitative estimate of drug-likeness (QED) is 0.649. The Balaban J connectivity index is 2.03. The van der Waals surface area contributed by atoms with Crippen LogP contribution >= 0.6 is 11.3 Å². The minimum absolute atomic E-state index is 1.04. The minimum Gasteiger partial charge on any atom is -0.317 e. The Hall–Kier alpha value is -0.380. The molecule has 0 bridgehead atoms. The van der Waals surface area contributed by atoms with E-state index in [-0.39, 0.29) is 0 Å². The Kier molecular flexibility index (Phi) is 7.47. The van der Waals surface area contributed by atoms with Crippen LogP contribution in [0.2, 0.25) is 0 Å². The Morgan fingerprint density at radius 3 is 2.69 bits per heavy atom. The van der Waals surface area contributed by atoms with Crippen molar-refractivity contribution in [2.75, 3.05) is 19.6 Å². The van der Waals surface area contributed by atoms with E-state index in [0.29, 0.717) is 0 Å². The van der Waals surface area contributed by atoms with Crippen molar-refractivity contribution in [3.8, 4) is 0 Å². The van der Waals surface area contributed by atoms with Gasteiger partial charge in [0.2, 0.25) is 0 Å². The second-order valence-corrected chi connectivity index (χ2v) is 5.00. The molecule has 16 heavy (non-hydrogen) atoms. The Morgan fingerprint density at radius 2 is 1.94 bits per heavy atom. The maximum atomic E-state index is 3.51. The summed E-state index contributed by atoms with van der Waals surface area (Å²) >= 11 is 1.87. The zero-order valence-electron chi connectivity index (χ0n) is 10.5. The van der Waals surface area contributed by atoms with Gasteiger partial charge in [0.05, 0.1) is 0 Å². The van der Waals surface area contributed by atoms with E-state index < -0.39 is 0 Å². The summed E-state index contributed by atoms with van der Waals surface area (Å²) in [6.07, 6.45) is 3.59. The molecule has 1 aromatic heterocycles. The minimum atomic E-state index is 1.04.